The van der Waals surface area contributed by atoms with E-state index in [9.17, 15) is 0 Å². The molecule has 1 atom stereocenters. The minimum atomic E-state index is 0.0900. The van der Waals surface area contributed by atoms with Gasteiger partial charge in [-0.1, -0.05) is 0 Å². The van der Waals surface area contributed by atoms with Gasteiger partial charge in [-0.25, -0.2) is 9.97 Å². The van der Waals surface area contributed by atoms with Crippen LogP contribution in [0, 0.1) is 0 Å². The van der Waals surface area contributed by atoms with E-state index in [1.807, 2.05) is 37.0 Å². The van der Waals surface area contributed by atoms with Crippen molar-refractivity contribution in [2.24, 2.45) is 0 Å². The molecule has 6 nitrogen and oxygen atoms in total. The molecule has 3 rings (SSSR count). The maximum absolute atomic E-state index is 5.79. The van der Waals surface area contributed by atoms with Crippen molar-refractivity contribution in [1.29, 1.82) is 0 Å². The Bertz CT molecular complexity index is 569. The molecular formula is C15H21N5O. The highest BCUT2D eigenvalue weighted by molar-refractivity contribution is 5.48. The summed E-state index contributed by atoms with van der Waals surface area (Å²) in [4.78, 5) is 11.1. The van der Waals surface area contributed by atoms with Gasteiger partial charge in [-0.15, -0.1) is 0 Å². The molecular weight excluding hydrogens is 266 g/mol. The topological polar surface area (TPSA) is 56.1 Å². The molecule has 0 saturated carbocycles. The summed E-state index contributed by atoms with van der Waals surface area (Å²) in [7, 11) is 0. The van der Waals surface area contributed by atoms with Gasteiger partial charge in [0.15, 0.2) is 5.82 Å². The quantitative estimate of drug-likeness (QED) is 0.863. The molecule has 0 spiro atoms. The van der Waals surface area contributed by atoms with Crippen LogP contribution in [0.5, 0.6) is 5.88 Å². The number of rotatable bonds is 4. The van der Waals surface area contributed by atoms with Crippen LogP contribution in [0.1, 0.15) is 32.7 Å². The van der Waals surface area contributed by atoms with Crippen LogP contribution in [-0.4, -0.2) is 38.9 Å². The fraction of sp³-hybridized carbons (Fsp3) is 0.533. The number of hydrogen-bond donors (Lipinski definition) is 0. The highest BCUT2D eigenvalue weighted by atomic mass is 16.5. The van der Waals surface area contributed by atoms with Gasteiger partial charge in [0.2, 0.25) is 0 Å². The van der Waals surface area contributed by atoms with Crippen molar-refractivity contribution in [3.05, 3.63) is 30.9 Å². The smallest absolute Gasteiger partial charge is 0.257 e. The highest BCUT2D eigenvalue weighted by Gasteiger charge is 2.25. The van der Waals surface area contributed by atoms with E-state index in [0.717, 1.165) is 31.7 Å². The number of anilines is 1. The van der Waals surface area contributed by atoms with E-state index < -0.39 is 0 Å². The zero-order valence-electron chi connectivity index (χ0n) is 12.5. The number of ether oxygens (including phenoxy) is 1. The normalized spacial score (nSPS) is 19.0. The van der Waals surface area contributed by atoms with E-state index >= 15 is 0 Å². The van der Waals surface area contributed by atoms with E-state index in [4.69, 9.17) is 4.74 Å². The second-order valence-electron chi connectivity index (χ2n) is 5.58. The first-order valence-corrected chi connectivity index (χ1v) is 7.46. The van der Waals surface area contributed by atoms with Gasteiger partial charge in [-0.3, -0.25) is 4.68 Å². The summed E-state index contributed by atoms with van der Waals surface area (Å²) >= 11 is 0. The molecule has 1 fully saturated rings. The van der Waals surface area contributed by atoms with E-state index in [-0.39, 0.29) is 6.10 Å². The number of nitrogens with zero attached hydrogens (tertiary/aromatic N) is 5. The van der Waals surface area contributed by atoms with E-state index in [0.29, 0.717) is 11.9 Å². The monoisotopic (exact) mass is 287 g/mol. The zero-order chi connectivity index (χ0) is 14.7. The molecule has 0 amide bonds. The second-order valence-corrected chi connectivity index (χ2v) is 5.58. The second kappa shape index (κ2) is 6.11. The van der Waals surface area contributed by atoms with Gasteiger partial charge in [0, 0.05) is 37.9 Å². The fourth-order valence-electron chi connectivity index (χ4n) is 2.70. The van der Waals surface area contributed by atoms with Crippen LogP contribution in [0.2, 0.25) is 0 Å². The van der Waals surface area contributed by atoms with Gasteiger partial charge in [-0.2, -0.15) is 5.10 Å². The largest absolute Gasteiger partial charge is 0.472 e. The van der Waals surface area contributed by atoms with Crippen LogP contribution >= 0.6 is 0 Å². The van der Waals surface area contributed by atoms with Crippen LogP contribution in [0.3, 0.4) is 0 Å². The third-order valence-corrected chi connectivity index (χ3v) is 3.59. The van der Waals surface area contributed by atoms with E-state index in [2.05, 4.69) is 20.0 Å². The third-order valence-electron chi connectivity index (χ3n) is 3.59. The van der Waals surface area contributed by atoms with E-state index in [1.165, 1.54) is 0 Å². The molecule has 0 aromatic carbocycles. The molecule has 0 radical (unpaired) electrons. The Hall–Kier alpha value is -2.11. The molecule has 0 bridgehead atoms. The number of piperidine rings is 1. The summed E-state index contributed by atoms with van der Waals surface area (Å²) in [5.74, 6) is 1.46. The summed E-state index contributed by atoms with van der Waals surface area (Å²) < 4.78 is 7.82. The first-order chi connectivity index (χ1) is 10.2. The first-order valence-electron chi connectivity index (χ1n) is 7.46. The van der Waals surface area contributed by atoms with Crippen molar-refractivity contribution in [3.8, 4) is 5.88 Å². The summed E-state index contributed by atoms with van der Waals surface area (Å²) in [5, 5.41) is 4.36. The molecule has 1 unspecified atom stereocenters. The van der Waals surface area contributed by atoms with Crippen LogP contribution in [0.4, 0.5) is 5.82 Å². The average molecular weight is 287 g/mol. The van der Waals surface area contributed by atoms with Gasteiger partial charge in [0.05, 0.1) is 12.1 Å². The van der Waals surface area contributed by atoms with Crippen molar-refractivity contribution >= 4 is 5.82 Å². The summed E-state index contributed by atoms with van der Waals surface area (Å²) in [5.41, 5.74) is 0. The molecule has 112 valence electrons. The van der Waals surface area contributed by atoms with Gasteiger partial charge in [-0.05, 0) is 32.8 Å². The first kappa shape index (κ1) is 13.9. The molecule has 1 saturated heterocycles. The van der Waals surface area contributed by atoms with Crippen LogP contribution in [0.15, 0.2) is 30.9 Å². The Morgan fingerprint density at radius 2 is 2.10 bits per heavy atom. The van der Waals surface area contributed by atoms with Crippen molar-refractivity contribution in [2.75, 3.05) is 18.0 Å². The van der Waals surface area contributed by atoms with Crippen LogP contribution < -0.4 is 9.64 Å². The minimum Gasteiger partial charge on any atom is -0.472 e. The summed E-state index contributed by atoms with van der Waals surface area (Å²) in [6.45, 7) is 5.86. The lowest BCUT2D eigenvalue weighted by Crippen LogP contribution is -2.37. The lowest BCUT2D eigenvalue weighted by molar-refractivity contribution is 0.231. The van der Waals surface area contributed by atoms with Crippen molar-refractivity contribution in [2.45, 2.75) is 38.8 Å². The third kappa shape index (κ3) is 3.15. The zero-order valence-corrected chi connectivity index (χ0v) is 12.5. The van der Waals surface area contributed by atoms with Crippen molar-refractivity contribution in [1.82, 2.24) is 19.7 Å². The Kier molecular flexibility index (Phi) is 4.03. The van der Waals surface area contributed by atoms with E-state index in [1.54, 1.807) is 12.4 Å². The van der Waals surface area contributed by atoms with Gasteiger partial charge < -0.3 is 9.64 Å². The molecule has 6 heteroatoms. The van der Waals surface area contributed by atoms with Gasteiger partial charge in [0.25, 0.3) is 5.88 Å². The molecule has 1 aliphatic rings. The predicted molar refractivity (Wildman–Crippen MR) is 80.5 cm³/mol. The van der Waals surface area contributed by atoms with Gasteiger partial charge in [0.1, 0.15) is 0 Å². The minimum absolute atomic E-state index is 0.0900. The van der Waals surface area contributed by atoms with Gasteiger partial charge >= 0.3 is 0 Å². The standard InChI is InChI=1S/C15H21N5O/c1-12(2)21-15-14(16-7-8-17-15)19-9-3-5-13(11-19)20-10-4-6-18-20/h4,6-8,10,12-13H,3,5,9,11H2,1-2H3. The fourth-order valence-corrected chi connectivity index (χ4v) is 2.70. The lowest BCUT2D eigenvalue weighted by atomic mass is 10.1. The van der Waals surface area contributed by atoms with Crippen LogP contribution in [-0.2, 0) is 0 Å². The van der Waals surface area contributed by atoms with Crippen LogP contribution in [0.25, 0.3) is 0 Å². The lowest BCUT2D eigenvalue weighted by Gasteiger charge is -2.34. The summed E-state index contributed by atoms with van der Waals surface area (Å²) in [6, 6.07) is 2.34. The maximum atomic E-state index is 5.79. The number of aromatic nitrogens is 4. The summed E-state index contributed by atoms with van der Waals surface area (Å²) in [6.07, 6.45) is 9.59. The molecule has 2 aromatic heterocycles. The molecule has 1 aliphatic heterocycles. The Labute approximate surface area is 124 Å². The average Bonchev–Trinajstić information content (AvgIpc) is 3.02. The Balaban J connectivity index is 1.80. The Morgan fingerprint density at radius 1 is 1.24 bits per heavy atom. The number of hydrogen-bond acceptors (Lipinski definition) is 5. The molecule has 0 N–H and O–H groups in total. The predicted octanol–water partition coefficient (Wildman–Crippen LogP) is 2.30. The Morgan fingerprint density at radius 3 is 2.86 bits per heavy atom. The molecule has 2 aromatic rings. The highest BCUT2D eigenvalue weighted by Crippen LogP contribution is 2.29. The van der Waals surface area contributed by atoms with Crippen molar-refractivity contribution < 1.29 is 4.74 Å². The molecule has 21 heavy (non-hydrogen) atoms. The molecule has 0 aliphatic carbocycles. The SMILES string of the molecule is CC(C)Oc1nccnc1N1CCCC(n2cccn2)C1. The van der Waals surface area contributed by atoms with Crippen molar-refractivity contribution in [3.63, 3.8) is 0 Å². The maximum Gasteiger partial charge on any atom is 0.257 e. The molecule has 3 heterocycles.